The lowest BCUT2D eigenvalue weighted by atomic mass is 9.89. The van der Waals surface area contributed by atoms with Crippen LogP contribution in [0, 0.1) is 0 Å². The topological polar surface area (TPSA) is 68.2 Å². The van der Waals surface area contributed by atoms with Crippen LogP contribution in [0.2, 0.25) is 0 Å². The minimum absolute atomic E-state index is 0.0190. The Kier molecular flexibility index (Phi) is 8.48. The maximum absolute atomic E-state index is 15.7. The lowest BCUT2D eigenvalue weighted by Crippen LogP contribution is -2.29. The number of aryl methyl sites for hydroxylation is 1. The van der Waals surface area contributed by atoms with E-state index in [0.29, 0.717) is 26.6 Å². The second-order valence-corrected chi connectivity index (χ2v) is 16.5. The molecule has 0 amide bonds. The minimum Gasteiger partial charge on any atom is -0.329 e. The summed E-state index contributed by atoms with van der Waals surface area (Å²) in [6.07, 6.45) is 0. The quantitative estimate of drug-likeness (QED) is 0.172. The molecule has 1 N–H and O–H groups in total. The van der Waals surface area contributed by atoms with E-state index in [1.165, 1.54) is 0 Å². The smallest absolute Gasteiger partial charge is 0.263 e. The molecule has 43 heavy (non-hydrogen) atoms. The van der Waals surface area contributed by atoms with E-state index in [4.69, 9.17) is 0 Å². The van der Waals surface area contributed by atoms with Crippen LogP contribution in [0.3, 0.4) is 0 Å². The first kappa shape index (κ1) is 30.8. The third kappa shape index (κ3) is 5.47. The SMILES string of the molecule is CC(C)c1cc(C(C)C)c(S(=O)(=O)Nc2c(P(=O)(c3ccccc3)c3ccccc3)c3ccccc3n2C)c(C(C)C)c1. The van der Waals surface area contributed by atoms with Crippen molar-refractivity contribution in [2.24, 2.45) is 7.05 Å². The Morgan fingerprint density at radius 3 is 1.60 bits per heavy atom. The van der Waals surface area contributed by atoms with Gasteiger partial charge in [-0.25, -0.2) is 8.42 Å². The monoisotopic (exact) mass is 612 g/mol. The van der Waals surface area contributed by atoms with Crippen LogP contribution in [0.25, 0.3) is 10.9 Å². The number of para-hydroxylation sites is 1. The van der Waals surface area contributed by atoms with Crippen molar-refractivity contribution < 1.29 is 13.0 Å². The second-order valence-electron chi connectivity index (χ2n) is 12.2. The molecule has 5 rings (SSSR count). The summed E-state index contributed by atoms with van der Waals surface area (Å²) in [7, 11) is -5.83. The van der Waals surface area contributed by atoms with E-state index < -0.39 is 17.2 Å². The van der Waals surface area contributed by atoms with Crippen LogP contribution in [-0.4, -0.2) is 13.0 Å². The van der Waals surface area contributed by atoms with Crippen molar-refractivity contribution in [3.63, 3.8) is 0 Å². The number of anilines is 1. The first-order valence-corrected chi connectivity index (χ1v) is 18.1. The van der Waals surface area contributed by atoms with Gasteiger partial charge < -0.3 is 9.13 Å². The average Bonchev–Trinajstić information content (AvgIpc) is 3.27. The Morgan fingerprint density at radius 2 is 1.14 bits per heavy atom. The molecular weight excluding hydrogens is 571 g/mol. The molecule has 1 aromatic heterocycles. The Bertz CT molecular complexity index is 1850. The first-order valence-electron chi connectivity index (χ1n) is 14.9. The van der Waals surface area contributed by atoms with Crippen LogP contribution in [0.15, 0.2) is 102 Å². The number of hydrogen-bond donors (Lipinski definition) is 1. The highest BCUT2D eigenvalue weighted by atomic mass is 32.2. The lowest BCUT2D eigenvalue weighted by molar-refractivity contribution is 0.592. The fraction of sp³-hybridized carbons (Fsp3) is 0.278. The number of rotatable bonds is 9. The number of benzene rings is 4. The predicted molar refractivity (Wildman–Crippen MR) is 182 cm³/mol. The minimum atomic E-state index is -4.12. The summed E-state index contributed by atoms with van der Waals surface area (Å²) in [5.41, 5.74) is 3.49. The van der Waals surface area contributed by atoms with E-state index in [9.17, 15) is 8.42 Å². The molecule has 7 heteroatoms. The Labute approximate surface area is 256 Å². The maximum atomic E-state index is 15.7. The van der Waals surface area contributed by atoms with E-state index in [1.807, 2.05) is 136 Å². The molecule has 0 bridgehead atoms. The molecule has 0 atom stereocenters. The molecule has 0 spiro atoms. The van der Waals surface area contributed by atoms with Crippen LogP contribution in [-0.2, 0) is 21.6 Å². The normalized spacial score (nSPS) is 12.5. The van der Waals surface area contributed by atoms with Crippen molar-refractivity contribution in [1.82, 2.24) is 4.57 Å². The second kappa shape index (κ2) is 11.8. The molecule has 0 aliphatic heterocycles. The highest BCUT2D eigenvalue weighted by molar-refractivity contribution is 7.93. The van der Waals surface area contributed by atoms with E-state index in [2.05, 4.69) is 18.6 Å². The van der Waals surface area contributed by atoms with Gasteiger partial charge in [0.15, 0.2) is 7.14 Å². The Balaban J connectivity index is 1.84. The summed E-state index contributed by atoms with van der Waals surface area (Å²) in [6.45, 7) is 12.4. The molecule has 0 radical (unpaired) electrons. The number of nitrogens with one attached hydrogen (secondary N) is 1. The van der Waals surface area contributed by atoms with E-state index >= 15 is 4.57 Å². The summed E-state index contributed by atoms with van der Waals surface area (Å²) >= 11 is 0. The molecule has 0 fully saturated rings. The Morgan fingerprint density at radius 1 is 0.674 bits per heavy atom. The zero-order valence-corrected chi connectivity index (χ0v) is 27.7. The van der Waals surface area contributed by atoms with Crippen molar-refractivity contribution >= 4 is 49.8 Å². The average molecular weight is 613 g/mol. The van der Waals surface area contributed by atoms with Crippen LogP contribution >= 0.6 is 7.14 Å². The van der Waals surface area contributed by atoms with Gasteiger partial charge in [-0.1, -0.05) is 133 Å². The van der Waals surface area contributed by atoms with E-state index in [1.54, 1.807) is 0 Å². The highest BCUT2D eigenvalue weighted by Gasteiger charge is 2.38. The molecule has 0 aliphatic rings. The number of sulfonamides is 1. The number of aromatic nitrogens is 1. The van der Waals surface area contributed by atoms with Gasteiger partial charge in [0.2, 0.25) is 0 Å². The Hall–Kier alpha value is -3.60. The van der Waals surface area contributed by atoms with Gasteiger partial charge >= 0.3 is 0 Å². The molecule has 0 saturated carbocycles. The van der Waals surface area contributed by atoms with Gasteiger partial charge in [0.25, 0.3) is 10.0 Å². The first-order chi connectivity index (χ1) is 20.4. The van der Waals surface area contributed by atoms with Gasteiger partial charge in [-0.2, -0.15) is 0 Å². The van der Waals surface area contributed by atoms with Crippen LogP contribution < -0.4 is 20.6 Å². The zero-order valence-electron chi connectivity index (χ0n) is 26.0. The summed E-state index contributed by atoms with van der Waals surface area (Å²) in [5.74, 6) is 0.533. The molecule has 224 valence electrons. The molecule has 5 nitrogen and oxygen atoms in total. The van der Waals surface area contributed by atoms with Gasteiger partial charge in [0.05, 0.1) is 15.7 Å². The van der Waals surface area contributed by atoms with Gasteiger partial charge in [0.1, 0.15) is 5.82 Å². The van der Waals surface area contributed by atoms with Gasteiger partial charge in [-0.3, -0.25) is 4.72 Å². The van der Waals surface area contributed by atoms with Gasteiger partial charge in [0, 0.05) is 23.0 Å². The van der Waals surface area contributed by atoms with Crippen LogP contribution in [0.4, 0.5) is 5.82 Å². The molecular formula is C36H41N2O3PS. The third-order valence-corrected chi connectivity index (χ3v) is 12.8. The van der Waals surface area contributed by atoms with Gasteiger partial charge in [-0.05, 0) is 40.5 Å². The highest BCUT2D eigenvalue weighted by Crippen LogP contribution is 2.48. The third-order valence-electron chi connectivity index (χ3n) is 8.21. The number of nitrogens with zero attached hydrogens (tertiary/aromatic N) is 1. The van der Waals surface area contributed by atoms with Crippen molar-refractivity contribution in [1.29, 1.82) is 0 Å². The lowest BCUT2D eigenvalue weighted by Gasteiger charge is -2.25. The molecule has 4 aromatic carbocycles. The van der Waals surface area contributed by atoms with Crippen molar-refractivity contribution in [3.8, 4) is 0 Å². The van der Waals surface area contributed by atoms with Crippen LogP contribution in [0.5, 0.6) is 0 Å². The fourth-order valence-corrected chi connectivity index (χ4v) is 10.8. The number of hydrogen-bond acceptors (Lipinski definition) is 3. The molecule has 0 saturated heterocycles. The number of fused-ring (bicyclic) bond motifs is 1. The largest absolute Gasteiger partial charge is 0.329 e. The maximum Gasteiger partial charge on any atom is 0.263 e. The molecule has 0 aliphatic carbocycles. The summed E-state index contributed by atoms with van der Waals surface area (Å²) < 4.78 is 49.9. The molecule has 0 unspecified atom stereocenters. The van der Waals surface area contributed by atoms with Crippen molar-refractivity contribution in [2.75, 3.05) is 4.72 Å². The van der Waals surface area contributed by atoms with E-state index in [0.717, 1.165) is 27.6 Å². The van der Waals surface area contributed by atoms with E-state index in [-0.39, 0.29) is 17.8 Å². The predicted octanol–water partition coefficient (Wildman–Crippen LogP) is 7.99. The van der Waals surface area contributed by atoms with Gasteiger partial charge in [-0.15, -0.1) is 0 Å². The standard InChI is InChI=1S/C36H41N2O3PS/c1-24(2)27-22-31(25(3)4)35(32(23-27)26(5)6)43(40,41)37-36-34(30-20-14-15-21-33(30)38(36)7)42(39,28-16-10-8-11-17-28)29-18-12-9-13-19-29/h8-26,37H,1-7H3. The van der Waals surface area contributed by atoms with Crippen molar-refractivity contribution in [3.05, 3.63) is 114 Å². The molecule has 1 heterocycles. The molecule has 5 aromatic rings. The summed E-state index contributed by atoms with van der Waals surface area (Å²) in [6, 6.07) is 30.5. The van der Waals surface area contributed by atoms with Crippen molar-refractivity contribution in [2.45, 2.75) is 64.2 Å². The summed E-state index contributed by atoms with van der Waals surface area (Å²) in [5, 5.41) is 2.53. The zero-order chi connectivity index (χ0) is 31.1. The summed E-state index contributed by atoms with van der Waals surface area (Å²) in [4.78, 5) is 0.312. The fourth-order valence-electron chi connectivity index (χ4n) is 5.87. The van der Waals surface area contributed by atoms with Crippen LogP contribution in [0.1, 0.15) is 76.0 Å².